The van der Waals surface area contributed by atoms with Gasteiger partial charge in [-0.2, -0.15) is 0 Å². The van der Waals surface area contributed by atoms with Crippen molar-refractivity contribution in [3.63, 3.8) is 0 Å². The molecule has 1 amide bonds. The van der Waals surface area contributed by atoms with Crippen molar-refractivity contribution in [2.75, 3.05) is 20.1 Å². The third-order valence-electron chi connectivity index (χ3n) is 3.24. The highest BCUT2D eigenvalue weighted by atomic mass is 35.5. The van der Waals surface area contributed by atoms with Gasteiger partial charge >= 0.3 is 0 Å². The number of hydrogen-bond acceptors (Lipinski definition) is 2. The normalized spacial score (nSPS) is 20.4. The Hall–Kier alpha value is -0.280. The van der Waals surface area contributed by atoms with Crippen molar-refractivity contribution in [1.29, 1.82) is 0 Å². The van der Waals surface area contributed by atoms with Crippen molar-refractivity contribution in [1.82, 2.24) is 10.2 Å². The fourth-order valence-corrected chi connectivity index (χ4v) is 2.31. The van der Waals surface area contributed by atoms with E-state index in [9.17, 15) is 4.79 Å². The molecule has 0 bridgehead atoms. The third-order valence-corrected chi connectivity index (χ3v) is 3.24. The summed E-state index contributed by atoms with van der Waals surface area (Å²) in [5.74, 6) is 0.358. The molecule has 0 aromatic carbocycles. The summed E-state index contributed by atoms with van der Waals surface area (Å²) in [5.41, 5.74) is 0. The molecule has 96 valence electrons. The van der Waals surface area contributed by atoms with Crippen LogP contribution in [0.25, 0.3) is 0 Å². The smallest absolute Gasteiger partial charge is 0.222 e. The summed E-state index contributed by atoms with van der Waals surface area (Å²) < 4.78 is 0. The van der Waals surface area contributed by atoms with Gasteiger partial charge in [-0.25, -0.2) is 0 Å². The van der Waals surface area contributed by atoms with Crippen molar-refractivity contribution in [3.05, 3.63) is 0 Å². The maximum Gasteiger partial charge on any atom is 0.222 e. The summed E-state index contributed by atoms with van der Waals surface area (Å²) in [6.07, 6.45) is 6.46. The van der Waals surface area contributed by atoms with Gasteiger partial charge in [-0.1, -0.05) is 6.92 Å². The molecule has 0 saturated carbocycles. The van der Waals surface area contributed by atoms with Crippen LogP contribution in [0, 0.1) is 0 Å². The van der Waals surface area contributed by atoms with Gasteiger partial charge < -0.3 is 10.2 Å². The quantitative estimate of drug-likeness (QED) is 0.757. The molecular weight excluding hydrogens is 224 g/mol. The molecule has 1 heterocycles. The second kappa shape index (κ2) is 8.82. The van der Waals surface area contributed by atoms with Crippen molar-refractivity contribution in [2.45, 2.75) is 51.5 Å². The summed E-state index contributed by atoms with van der Waals surface area (Å²) in [4.78, 5) is 14.1. The Kier molecular flexibility index (Phi) is 8.67. The first-order valence-corrected chi connectivity index (χ1v) is 6.23. The van der Waals surface area contributed by atoms with Crippen LogP contribution in [-0.2, 0) is 4.79 Å². The Labute approximate surface area is 105 Å². The van der Waals surface area contributed by atoms with Gasteiger partial charge in [0, 0.05) is 19.0 Å². The Morgan fingerprint density at radius 3 is 2.81 bits per heavy atom. The van der Waals surface area contributed by atoms with Gasteiger partial charge in [-0.3, -0.25) is 4.79 Å². The molecule has 16 heavy (non-hydrogen) atoms. The number of amides is 1. The van der Waals surface area contributed by atoms with Gasteiger partial charge in [-0.15, -0.1) is 12.4 Å². The first kappa shape index (κ1) is 15.7. The molecule has 0 aromatic rings. The maximum atomic E-state index is 11.9. The van der Waals surface area contributed by atoms with Crippen LogP contribution in [0.15, 0.2) is 0 Å². The minimum Gasteiger partial charge on any atom is -0.340 e. The lowest BCUT2D eigenvalue weighted by Gasteiger charge is -2.35. The monoisotopic (exact) mass is 248 g/mol. The highest BCUT2D eigenvalue weighted by Crippen LogP contribution is 2.20. The largest absolute Gasteiger partial charge is 0.340 e. The van der Waals surface area contributed by atoms with Crippen LogP contribution in [0.5, 0.6) is 0 Å². The van der Waals surface area contributed by atoms with Gasteiger partial charge in [0.15, 0.2) is 0 Å². The summed E-state index contributed by atoms with van der Waals surface area (Å²) in [6, 6.07) is 0.515. The van der Waals surface area contributed by atoms with E-state index in [0.717, 1.165) is 25.9 Å². The van der Waals surface area contributed by atoms with Crippen LogP contribution in [0.2, 0.25) is 0 Å². The van der Waals surface area contributed by atoms with E-state index in [2.05, 4.69) is 17.1 Å². The van der Waals surface area contributed by atoms with Gasteiger partial charge in [0.2, 0.25) is 5.91 Å². The SMILES string of the molecule is CCC1CCCCN1C(=O)CCCNC.Cl. The molecule has 0 radical (unpaired) electrons. The molecule has 0 aromatic heterocycles. The molecule has 1 rings (SSSR count). The summed E-state index contributed by atoms with van der Waals surface area (Å²) >= 11 is 0. The molecule has 1 N–H and O–H groups in total. The molecule has 1 saturated heterocycles. The molecule has 1 atom stereocenters. The van der Waals surface area contributed by atoms with E-state index in [-0.39, 0.29) is 12.4 Å². The first-order valence-electron chi connectivity index (χ1n) is 6.23. The number of hydrogen-bond donors (Lipinski definition) is 1. The molecule has 1 fully saturated rings. The lowest BCUT2D eigenvalue weighted by molar-refractivity contribution is -0.135. The highest BCUT2D eigenvalue weighted by molar-refractivity contribution is 5.85. The van der Waals surface area contributed by atoms with Crippen LogP contribution in [0.4, 0.5) is 0 Å². The lowest BCUT2D eigenvalue weighted by Crippen LogP contribution is -2.43. The Morgan fingerprint density at radius 1 is 1.44 bits per heavy atom. The fraction of sp³-hybridized carbons (Fsp3) is 0.917. The van der Waals surface area contributed by atoms with Crippen LogP contribution in [0.1, 0.15) is 45.4 Å². The summed E-state index contributed by atoms with van der Waals surface area (Å²) in [6.45, 7) is 4.11. The predicted molar refractivity (Wildman–Crippen MR) is 70.1 cm³/mol. The average molecular weight is 249 g/mol. The Bertz CT molecular complexity index is 199. The van der Waals surface area contributed by atoms with Crippen LogP contribution < -0.4 is 5.32 Å². The van der Waals surface area contributed by atoms with Crippen molar-refractivity contribution >= 4 is 18.3 Å². The number of likely N-dealkylation sites (tertiary alicyclic amines) is 1. The number of nitrogens with zero attached hydrogens (tertiary/aromatic N) is 1. The van der Waals surface area contributed by atoms with Crippen LogP contribution in [-0.4, -0.2) is 37.0 Å². The van der Waals surface area contributed by atoms with E-state index in [1.165, 1.54) is 19.3 Å². The first-order chi connectivity index (χ1) is 7.29. The third kappa shape index (κ3) is 4.71. The van der Waals surface area contributed by atoms with E-state index in [0.29, 0.717) is 18.4 Å². The van der Waals surface area contributed by atoms with E-state index in [4.69, 9.17) is 0 Å². The molecule has 4 heteroatoms. The van der Waals surface area contributed by atoms with Gasteiger partial charge in [0.05, 0.1) is 0 Å². The minimum absolute atomic E-state index is 0. The van der Waals surface area contributed by atoms with Crippen molar-refractivity contribution in [2.24, 2.45) is 0 Å². The zero-order valence-corrected chi connectivity index (χ0v) is 11.3. The number of carbonyl (C=O) groups excluding carboxylic acids is 1. The number of piperidine rings is 1. The minimum atomic E-state index is 0. The van der Waals surface area contributed by atoms with Gasteiger partial charge in [-0.05, 0) is 45.7 Å². The van der Waals surface area contributed by atoms with Crippen LogP contribution >= 0.6 is 12.4 Å². The molecule has 1 aliphatic rings. The average Bonchev–Trinajstić information content (AvgIpc) is 2.29. The molecule has 0 spiro atoms. The number of rotatable bonds is 5. The number of carbonyl (C=O) groups is 1. The summed E-state index contributed by atoms with van der Waals surface area (Å²) in [5, 5.41) is 3.08. The number of halogens is 1. The maximum absolute atomic E-state index is 11.9. The van der Waals surface area contributed by atoms with E-state index in [1.807, 2.05) is 7.05 Å². The second-order valence-electron chi connectivity index (χ2n) is 4.35. The molecule has 0 aliphatic carbocycles. The topological polar surface area (TPSA) is 32.3 Å². The zero-order chi connectivity index (χ0) is 11.1. The van der Waals surface area contributed by atoms with E-state index in [1.54, 1.807) is 0 Å². The van der Waals surface area contributed by atoms with Gasteiger partial charge in [0.1, 0.15) is 0 Å². The Morgan fingerprint density at radius 2 is 2.19 bits per heavy atom. The zero-order valence-electron chi connectivity index (χ0n) is 10.5. The summed E-state index contributed by atoms with van der Waals surface area (Å²) in [7, 11) is 1.93. The lowest BCUT2D eigenvalue weighted by atomic mass is 9.99. The van der Waals surface area contributed by atoms with Crippen molar-refractivity contribution < 1.29 is 4.79 Å². The molecule has 1 aliphatic heterocycles. The fourth-order valence-electron chi connectivity index (χ4n) is 2.31. The molecule has 1 unspecified atom stereocenters. The van der Waals surface area contributed by atoms with E-state index >= 15 is 0 Å². The van der Waals surface area contributed by atoms with Crippen molar-refractivity contribution in [3.8, 4) is 0 Å². The molecule has 3 nitrogen and oxygen atoms in total. The molecular formula is C12H25ClN2O. The van der Waals surface area contributed by atoms with Crippen LogP contribution in [0.3, 0.4) is 0 Å². The Balaban J connectivity index is 0.00000225. The predicted octanol–water partition coefficient (Wildman–Crippen LogP) is 2.20. The standard InChI is InChI=1S/C12H24N2O.ClH/c1-3-11-7-4-5-10-14(11)12(15)8-6-9-13-2;/h11,13H,3-10H2,1-2H3;1H. The highest BCUT2D eigenvalue weighted by Gasteiger charge is 2.24. The number of nitrogens with one attached hydrogen (secondary N) is 1. The second-order valence-corrected chi connectivity index (χ2v) is 4.35. The van der Waals surface area contributed by atoms with E-state index < -0.39 is 0 Å². The van der Waals surface area contributed by atoms with Gasteiger partial charge in [0.25, 0.3) is 0 Å².